The van der Waals surface area contributed by atoms with Crippen LogP contribution >= 0.6 is 22.7 Å². The van der Waals surface area contributed by atoms with Crippen LogP contribution in [0, 0.1) is 0 Å². The Bertz CT molecular complexity index is 609. The van der Waals surface area contributed by atoms with E-state index in [1.807, 2.05) is 35.0 Å². The number of likely N-dealkylation sites (tertiary alicyclic amines) is 1. The molecule has 0 aromatic carbocycles. The highest BCUT2D eigenvalue weighted by Gasteiger charge is 2.18. The second-order valence-corrected chi connectivity index (χ2v) is 9.75. The zero-order chi connectivity index (χ0) is 14.5. The molecule has 114 valence electrons. The number of hydrogen-bond acceptors (Lipinski definition) is 5. The summed E-state index contributed by atoms with van der Waals surface area (Å²) in [6.45, 7) is 3.89. The average molecular weight is 341 g/mol. The molecule has 1 aliphatic rings. The van der Waals surface area contributed by atoms with Crippen molar-refractivity contribution in [3.05, 3.63) is 35.0 Å². The van der Waals surface area contributed by atoms with Gasteiger partial charge in [-0.15, -0.1) is 22.7 Å². The van der Waals surface area contributed by atoms with E-state index in [9.17, 15) is 4.21 Å². The summed E-state index contributed by atoms with van der Waals surface area (Å²) in [4.78, 5) is 2.44. The molecule has 0 saturated carbocycles. The monoisotopic (exact) mass is 340 g/mol. The Labute approximate surface area is 134 Å². The van der Waals surface area contributed by atoms with Gasteiger partial charge in [-0.3, -0.25) is 0 Å². The van der Waals surface area contributed by atoms with Gasteiger partial charge in [0.25, 0.3) is 0 Å². The lowest BCUT2D eigenvalue weighted by atomic mass is 10.1. The first kappa shape index (κ1) is 15.2. The molecule has 0 spiro atoms. The third kappa shape index (κ3) is 3.56. The van der Waals surface area contributed by atoms with Gasteiger partial charge in [0.1, 0.15) is 18.1 Å². The number of piperidine rings is 1. The maximum absolute atomic E-state index is 13.4. The third-order valence-corrected chi connectivity index (χ3v) is 8.84. The predicted octanol–water partition coefficient (Wildman–Crippen LogP) is 4.18. The van der Waals surface area contributed by atoms with Gasteiger partial charge in [-0.1, -0.05) is 18.6 Å². The Balaban J connectivity index is 1.79. The van der Waals surface area contributed by atoms with Crippen molar-refractivity contribution in [1.29, 1.82) is 0 Å². The summed E-state index contributed by atoms with van der Waals surface area (Å²) in [7, 11) is -2.43. The topological polar surface area (TPSA) is 32.7 Å². The summed E-state index contributed by atoms with van der Waals surface area (Å²) in [6, 6.07) is 7.79. The van der Waals surface area contributed by atoms with Crippen molar-refractivity contribution in [1.82, 2.24) is 4.90 Å². The van der Waals surface area contributed by atoms with Crippen molar-refractivity contribution in [3.8, 4) is 0 Å². The van der Waals surface area contributed by atoms with Crippen LogP contribution in [-0.4, -0.2) is 35.3 Å². The lowest BCUT2D eigenvalue weighted by molar-refractivity contribution is 0.235. The molecular weight excluding hydrogens is 320 g/mol. The van der Waals surface area contributed by atoms with E-state index < -0.39 is 9.73 Å². The van der Waals surface area contributed by atoms with Crippen LogP contribution in [0.25, 0.3) is 0 Å². The van der Waals surface area contributed by atoms with Crippen LogP contribution in [0.3, 0.4) is 0 Å². The Kier molecular flexibility index (Phi) is 5.11. The van der Waals surface area contributed by atoms with Crippen LogP contribution in [0.15, 0.2) is 47.8 Å². The van der Waals surface area contributed by atoms with E-state index in [2.05, 4.69) is 9.26 Å². The van der Waals surface area contributed by atoms with Crippen LogP contribution in [0.2, 0.25) is 0 Å². The third-order valence-electron chi connectivity index (χ3n) is 3.67. The largest absolute Gasteiger partial charge is 0.301 e. The highest BCUT2D eigenvalue weighted by Crippen LogP contribution is 2.30. The Morgan fingerprint density at radius 2 is 1.67 bits per heavy atom. The van der Waals surface area contributed by atoms with Crippen LogP contribution in [0.4, 0.5) is 0 Å². The average Bonchev–Trinajstić information content (AvgIpc) is 3.22. The first-order chi connectivity index (χ1) is 10.3. The zero-order valence-corrected chi connectivity index (χ0v) is 14.4. The minimum absolute atomic E-state index is 0.647. The predicted molar refractivity (Wildman–Crippen MR) is 90.9 cm³/mol. The lowest BCUT2D eigenvalue weighted by Gasteiger charge is -2.25. The summed E-state index contributed by atoms with van der Waals surface area (Å²) in [5.74, 6) is 0. The molecular formula is C15H20N2OS3. The van der Waals surface area contributed by atoms with Crippen LogP contribution in [-0.2, 0) is 9.73 Å². The molecule has 0 bridgehead atoms. The molecule has 0 aliphatic carbocycles. The summed E-state index contributed by atoms with van der Waals surface area (Å²) < 4.78 is 19.8. The molecule has 3 rings (SSSR count). The van der Waals surface area contributed by atoms with Crippen LogP contribution in [0.1, 0.15) is 19.3 Å². The summed E-state index contributed by atoms with van der Waals surface area (Å²) in [6.07, 6.45) is 3.91. The van der Waals surface area contributed by atoms with Gasteiger partial charge in [0, 0.05) is 6.54 Å². The molecule has 0 atom stereocenters. The summed E-state index contributed by atoms with van der Waals surface area (Å²) in [5, 5.41) is 3.95. The van der Waals surface area contributed by atoms with Crippen molar-refractivity contribution < 1.29 is 4.21 Å². The van der Waals surface area contributed by atoms with E-state index >= 15 is 0 Å². The summed E-state index contributed by atoms with van der Waals surface area (Å²) >= 11 is 3.08. The van der Waals surface area contributed by atoms with Crippen molar-refractivity contribution in [2.24, 2.45) is 4.36 Å². The number of hydrogen-bond donors (Lipinski definition) is 0. The summed E-state index contributed by atoms with van der Waals surface area (Å²) in [5.41, 5.74) is 0. The highest BCUT2D eigenvalue weighted by molar-refractivity contribution is 7.97. The lowest BCUT2D eigenvalue weighted by Crippen LogP contribution is -2.31. The number of rotatable bonds is 5. The fraction of sp³-hybridized carbons (Fsp3) is 0.467. The highest BCUT2D eigenvalue weighted by atomic mass is 32.3. The van der Waals surface area contributed by atoms with Gasteiger partial charge in [0.05, 0.1) is 6.54 Å². The van der Waals surface area contributed by atoms with Gasteiger partial charge in [-0.2, -0.15) is 0 Å². The van der Waals surface area contributed by atoms with Gasteiger partial charge in [0.15, 0.2) is 0 Å². The molecule has 1 fully saturated rings. The molecule has 0 N–H and O–H groups in total. The number of thiophene rings is 2. The van der Waals surface area contributed by atoms with Crippen LogP contribution < -0.4 is 0 Å². The van der Waals surface area contributed by atoms with Gasteiger partial charge in [0.2, 0.25) is 0 Å². The quantitative estimate of drug-likeness (QED) is 0.818. The maximum Gasteiger partial charge on any atom is 0.123 e. The molecule has 2 aromatic heterocycles. The molecule has 2 aromatic rings. The Hall–Kier alpha value is -0.690. The molecule has 3 heterocycles. The van der Waals surface area contributed by atoms with Gasteiger partial charge < -0.3 is 4.90 Å². The SMILES string of the molecule is O=S(=NCCN1CCCCC1)(c1cccs1)c1cccs1. The molecule has 1 saturated heterocycles. The smallest absolute Gasteiger partial charge is 0.123 e. The van der Waals surface area contributed by atoms with E-state index in [-0.39, 0.29) is 0 Å². The van der Waals surface area contributed by atoms with Gasteiger partial charge in [-0.25, -0.2) is 8.57 Å². The van der Waals surface area contributed by atoms with E-state index in [1.165, 1.54) is 41.9 Å². The Morgan fingerprint density at radius 1 is 1.05 bits per heavy atom. The molecule has 0 amide bonds. The van der Waals surface area contributed by atoms with Crippen molar-refractivity contribution in [2.45, 2.75) is 27.7 Å². The van der Waals surface area contributed by atoms with E-state index in [4.69, 9.17) is 0 Å². The normalized spacial score (nSPS) is 17.0. The minimum atomic E-state index is -2.43. The van der Waals surface area contributed by atoms with E-state index in [0.717, 1.165) is 28.1 Å². The molecule has 6 heteroatoms. The first-order valence-corrected chi connectivity index (χ1v) is 10.6. The molecule has 1 aliphatic heterocycles. The fourth-order valence-electron chi connectivity index (χ4n) is 2.56. The van der Waals surface area contributed by atoms with Crippen molar-refractivity contribution in [3.63, 3.8) is 0 Å². The van der Waals surface area contributed by atoms with E-state index in [0.29, 0.717) is 6.54 Å². The second kappa shape index (κ2) is 7.05. The van der Waals surface area contributed by atoms with Gasteiger partial charge >= 0.3 is 0 Å². The zero-order valence-electron chi connectivity index (χ0n) is 11.9. The Morgan fingerprint density at radius 3 is 2.19 bits per heavy atom. The van der Waals surface area contributed by atoms with E-state index in [1.54, 1.807) is 0 Å². The first-order valence-electron chi connectivity index (χ1n) is 7.31. The fourth-order valence-corrected chi connectivity index (χ4v) is 7.17. The van der Waals surface area contributed by atoms with Crippen molar-refractivity contribution in [2.75, 3.05) is 26.2 Å². The minimum Gasteiger partial charge on any atom is -0.301 e. The molecule has 21 heavy (non-hydrogen) atoms. The van der Waals surface area contributed by atoms with Crippen molar-refractivity contribution >= 4 is 32.4 Å². The molecule has 0 unspecified atom stereocenters. The molecule has 0 radical (unpaired) electrons. The second-order valence-electron chi connectivity index (χ2n) is 5.15. The standard InChI is InChI=1S/C15H20N2OS3/c18-21(14-6-4-12-19-14,15-7-5-13-20-15)16-8-11-17-9-2-1-3-10-17/h4-7,12-13H,1-3,8-11H2. The van der Waals surface area contributed by atoms with Gasteiger partial charge in [-0.05, 0) is 48.8 Å². The number of nitrogens with zero attached hydrogens (tertiary/aromatic N) is 2. The maximum atomic E-state index is 13.4. The van der Waals surface area contributed by atoms with Crippen LogP contribution in [0.5, 0.6) is 0 Å². The molecule has 3 nitrogen and oxygen atoms in total.